The van der Waals surface area contributed by atoms with Crippen molar-refractivity contribution in [2.45, 2.75) is 19.9 Å². The molecular formula is C15H14Br3N. The quantitative estimate of drug-likeness (QED) is 0.569. The Balaban J connectivity index is 2.26. The summed E-state index contributed by atoms with van der Waals surface area (Å²) >= 11 is 10.7. The predicted octanol–water partition coefficient (Wildman–Crippen LogP) is 6.46. The van der Waals surface area contributed by atoms with Crippen molar-refractivity contribution < 1.29 is 0 Å². The Kier molecular flexibility index (Phi) is 5.09. The highest BCUT2D eigenvalue weighted by atomic mass is 79.9. The van der Waals surface area contributed by atoms with Gasteiger partial charge in [-0.15, -0.1) is 0 Å². The van der Waals surface area contributed by atoms with E-state index in [-0.39, 0.29) is 6.04 Å². The van der Waals surface area contributed by atoms with Gasteiger partial charge in [0.1, 0.15) is 0 Å². The highest BCUT2D eigenvalue weighted by molar-refractivity contribution is 9.11. The Labute approximate surface area is 139 Å². The summed E-state index contributed by atoms with van der Waals surface area (Å²) in [7, 11) is 0. The Morgan fingerprint density at radius 2 is 1.63 bits per heavy atom. The van der Waals surface area contributed by atoms with E-state index in [9.17, 15) is 0 Å². The van der Waals surface area contributed by atoms with Crippen molar-refractivity contribution in [3.8, 4) is 0 Å². The molecule has 4 heteroatoms. The summed E-state index contributed by atoms with van der Waals surface area (Å²) in [6, 6.07) is 12.9. The molecule has 0 amide bonds. The molecule has 0 aliphatic carbocycles. The van der Waals surface area contributed by atoms with Crippen molar-refractivity contribution in [3.05, 3.63) is 60.9 Å². The third kappa shape index (κ3) is 3.83. The standard InChI is InChI=1S/C15H14Br3N/c1-9-4-3-5-11(6-9)10(2)19-15-13(17)7-12(16)8-14(15)18/h3-8,10,19H,1-2H3. The lowest BCUT2D eigenvalue weighted by Gasteiger charge is -2.19. The Bertz CT molecular complexity index is 573. The molecular weight excluding hydrogens is 434 g/mol. The van der Waals surface area contributed by atoms with Crippen molar-refractivity contribution in [1.29, 1.82) is 0 Å². The number of hydrogen-bond donors (Lipinski definition) is 1. The van der Waals surface area contributed by atoms with Gasteiger partial charge in [0.15, 0.2) is 0 Å². The molecule has 2 rings (SSSR count). The van der Waals surface area contributed by atoms with Gasteiger partial charge in [-0.25, -0.2) is 0 Å². The van der Waals surface area contributed by atoms with Crippen LogP contribution in [0.1, 0.15) is 24.1 Å². The number of rotatable bonds is 3. The first-order chi connectivity index (χ1) is 8.97. The number of hydrogen-bond acceptors (Lipinski definition) is 1. The van der Waals surface area contributed by atoms with Gasteiger partial charge in [-0.05, 0) is 63.4 Å². The van der Waals surface area contributed by atoms with Gasteiger partial charge in [-0.1, -0.05) is 45.8 Å². The third-order valence-corrected chi connectivity index (χ3v) is 4.62. The van der Waals surface area contributed by atoms with E-state index >= 15 is 0 Å². The van der Waals surface area contributed by atoms with Crippen LogP contribution in [0.4, 0.5) is 5.69 Å². The van der Waals surface area contributed by atoms with Gasteiger partial charge in [0.25, 0.3) is 0 Å². The Morgan fingerprint density at radius 3 is 2.21 bits per heavy atom. The normalized spacial score (nSPS) is 12.3. The first-order valence-corrected chi connectivity index (χ1v) is 8.33. The van der Waals surface area contributed by atoms with E-state index < -0.39 is 0 Å². The lowest BCUT2D eigenvalue weighted by atomic mass is 10.1. The van der Waals surface area contributed by atoms with Gasteiger partial charge in [0.2, 0.25) is 0 Å². The molecule has 100 valence electrons. The molecule has 0 spiro atoms. The molecule has 0 saturated carbocycles. The van der Waals surface area contributed by atoms with Crippen molar-refractivity contribution in [2.24, 2.45) is 0 Å². The summed E-state index contributed by atoms with van der Waals surface area (Å²) < 4.78 is 3.11. The zero-order valence-electron chi connectivity index (χ0n) is 10.7. The van der Waals surface area contributed by atoms with Crippen LogP contribution in [0.3, 0.4) is 0 Å². The second kappa shape index (κ2) is 6.42. The molecule has 0 aliphatic heterocycles. The van der Waals surface area contributed by atoms with Gasteiger partial charge in [-0.2, -0.15) is 0 Å². The molecule has 2 aromatic rings. The van der Waals surface area contributed by atoms with Crippen LogP contribution in [0.2, 0.25) is 0 Å². The molecule has 1 unspecified atom stereocenters. The number of halogens is 3. The van der Waals surface area contributed by atoms with Crippen LogP contribution in [0.25, 0.3) is 0 Å². The van der Waals surface area contributed by atoms with Gasteiger partial charge in [0.05, 0.1) is 5.69 Å². The van der Waals surface area contributed by atoms with E-state index in [1.807, 2.05) is 12.1 Å². The van der Waals surface area contributed by atoms with Gasteiger partial charge >= 0.3 is 0 Å². The second-order valence-electron chi connectivity index (χ2n) is 4.52. The summed E-state index contributed by atoms with van der Waals surface area (Å²) in [6.45, 7) is 4.28. The van der Waals surface area contributed by atoms with Gasteiger partial charge in [-0.3, -0.25) is 0 Å². The van der Waals surface area contributed by atoms with E-state index in [2.05, 4.69) is 91.2 Å². The minimum atomic E-state index is 0.244. The molecule has 0 radical (unpaired) electrons. The second-order valence-corrected chi connectivity index (χ2v) is 7.15. The summed E-state index contributed by atoms with van der Waals surface area (Å²) in [5.41, 5.74) is 3.62. The third-order valence-electron chi connectivity index (χ3n) is 2.91. The number of anilines is 1. The van der Waals surface area contributed by atoms with E-state index in [0.717, 1.165) is 19.1 Å². The lowest BCUT2D eigenvalue weighted by Crippen LogP contribution is -2.07. The lowest BCUT2D eigenvalue weighted by molar-refractivity contribution is 0.880. The first kappa shape index (κ1) is 15.1. The maximum atomic E-state index is 3.59. The molecule has 0 heterocycles. The Hall–Kier alpha value is -0.320. The first-order valence-electron chi connectivity index (χ1n) is 5.95. The maximum Gasteiger partial charge on any atom is 0.0634 e. The minimum Gasteiger partial charge on any atom is -0.377 e. The van der Waals surface area contributed by atoms with Crippen LogP contribution in [0, 0.1) is 6.92 Å². The fraction of sp³-hybridized carbons (Fsp3) is 0.200. The average molecular weight is 448 g/mol. The molecule has 1 atom stereocenters. The molecule has 0 aromatic heterocycles. The Morgan fingerprint density at radius 1 is 1.00 bits per heavy atom. The van der Waals surface area contributed by atoms with Crippen LogP contribution in [0.5, 0.6) is 0 Å². The van der Waals surface area contributed by atoms with Crippen molar-refractivity contribution in [3.63, 3.8) is 0 Å². The topological polar surface area (TPSA) is 12.0 Å². The summed E-state index contributed by atoms with van der Waals surface area (Å²) in [4.78, 5) is 0. The molecule has 0 bridgehead atoms. The van der Waals surface area contributed by atoms with Crippen LogP contribution in [-0.4, -0.2) is 0 Å². The van der Waals surface area contributed by atoms with Crippen molar-refractivity contribution in [1.82, 2.24) is 0 Å². The fourth-order valence-corrected chi connectivity index (χ4v) is 4.41. The van der Waals surface area contributed by atoms with Crippen molar-refractivity contribution >= 4 is 53.5 Å². The van der Waals surface area contributed by atoms with E-state index in [0.29, 0.717) is 0 Å². The predicted molar refractivity (Wildman–Crippen MR) is 92.8 cm³/mol. The van der Waals surface area contributed by atoms with E-state index in [1.165, 1.54) is 11.1 Å². The van der Waals surface area contributed by atoms with Crippen LogP contribution >= 0.6 is 47.8 Å². The SMILES string of the molecule is Cc1cccc(C(C)Nc2c(Br)cc(Br)cc2Br)c1. The fourth-order valence-electron chi connectivity index (χ4n) is 1.92. The van der Waals surface area contributed by atoms with Gasteiger partial charge in [0, 0.05) is 19.5 Å². The minimum absolute atomic E-state index is 0.244. The maximum absolute atomic E-state index is 3.59. The molecule has 0 saturated heterocycles. The van der Waals surface area contributed by atoms with E-state index in [1.54, 1.807) is 0 Å². The number of benzene rings is 2. The molecule has 2 aromatic carbocycles. The molecule has 19 heavy (non-hydrogen) atoms. The zero-order chi connectivity index (χ0) is 14.0. The number of aryl methyl sites for hydroxylation is 1. The highest BCUT2D eigenvalue weighted by Crippen LogP contribution is 2.36. The summed E-state index contributed by atoms with van der Waals surface area (Å²) in [5, 5.41) is 3.53. The summed E-state index contributed by atoms with van der Waals surface area (Å²) in [6.07, 6.45) is 0. The van der Waals surface area contributed by atoms with Gasteiger partial charge < -0.3 is 5.32 Å². The largest absolute Gasteiger partial charge is 0.377 e. The van der Waals surface area contributed by atoms with Crippen LogP contribution < -0.4 is 5.32 Å². The van der Waals surface area contributed by atoms with E-state index in [4.69, 9.17) is 0 Å². The molecule has 1 N–H and O–H groups in total. The molecule has 0 fully saturated rings. The van der Waals surface area contributed by atoms with Crippen LogP contribution in [-0.2, 0) is 0 Å². The number of nitrogens with one attached hydrogen (secondary N) is 1. The smallest absolute Gasteiger partial charge is 0.0634 e. The summed E-state index contributed by atoms with van der Waals surface area (Å²) in [5.74, 6) is 0. The zero-order valence-corrected chi connectivity index (χ0v) is 15.4. The average Bonchev–Trinajstić information content (AvgIpc) is 2.33. The van der Waals surface area contributed by atoms with Crippen molar-refractivity contribution in [2.75, 3.05) is 5.32 Å². The molecule has 0 aliphatic rings. The van der Waals surface area contributed by atoms with Crippen LogP contribution in [0.15, 0.2) is 49.8 Å². The molecule has 1 nitrogen and oxygen atoms in total. The highest BCUT2D eigenvalue weighted by Gasteiger charge is 2.11. The monoisotopic (exact) mass is 445 g/mol.